The van der Waals surface area contributed by atoms with E-state index in [1.54, 1.807) is 7.11 Å². The second-order valence-corrected chi connectivity index (χ2v) is 6.72. The van der Waals surface area contributed by atoms with Crippen molar-refractivity contribution in [1.29, 1.82) is 0 Å². The maximum Gasteiger partial charge on any atom is 0.212 e. The van der Waals surface area contributed by atoms with Gasteiger partial charge in [0.25, 0.3) is 0 Å². The Morgan fingerprint density at radius 1 is 0.963 bits per heavy atom. The lowest BCUT2D eigenvalue weighted by atomic mass is 9.82. The molecule has 1 aromatic heterocycles. The zero-order valence-corrected chi connectivity index (χ0v) is 15.5. The summed E-state index contributed by atoms with van der Waals surface area (Å²) in [5.74, 6) is 1.15. The topological polar surface area (TPSA) is 63.7 Å². The minimum atomic E-state index is -0.518. The Hall–Kier alpha value is -3.34. The van der Waals surface area contributed by atoms with E-state index in [-0.39, 0.29) is 0 Å². The molecule has 2 heterocycles. The highest BCUT2D eigenvalue weighted by molar-refractivity contribution is 5.81. The van der Waals surface area contributed by atoms with Crippen molar-refractivity contribution in [2.24, 2.45) is 10.7 Å². The number of likely N-dealkylation sites (N-methyl/N-ethyl adjacent to an activating group) is 1. The summed E-state index contributed by atoms with van der Waals surface area (Å²) in [5.41, 5.74) is 9.99. The number of nitrogens with zero attached hydrogens (tertiary/aromatic N) is 3. The third-order valence-corrected chi connectivity index (χ3v) is 5.03. The highest BCUT2D eigenvalue weighted by Gasteiger charge is 2.40. The van der Waals surface area contributed by atoms with Crippen molar-refractivity contribution in [1.82, 2.24) is 9.88 Å². The van der Waals surface area contributed by atoms with E-state index in [1.165, 1.54) is 0 Å². The van der Waals surface area contributed by atoms with Gasteiger partial charge in [0.15, 0.2) is 5.96 Å². The van der Waals surface area contributed by atoms with Gasteiger partial charge in [-0.3, -0.25) is 0 Å². The molecule has 0 saturated carbocycles. The van der Waals surface area contributed by atoms with E-state index in [2.05, 4.69) is 41.4 Å². The molecule has 1 unspecified atom stereocenters. The number of aromatic nitrogens is 1. The number of aliphatic imine (C=N–C) groups is 1. The van der Waals surface area contributed by atoms with Gasteiger partial charge in [-0.15, -0.1) is 0 Å². The lowest BCUT2D eigenvalue weighted by molar-refractivity contribution is 0.398. The number of benzene rings is 2. The van der Waals surface area contributed by atoms with Crippen LogP contribution in [-0.2, 0) is 5.54 Å². The summed E-state index contributed by atoms with van der Waals surface area (Å²) < 4.78 is 5.16. The average molecular weight is 358 g/mol. The Labute approximate surface area is 159 Å². The first-order valence-electron chi connectivity index (χ1n) is 8.85. The molecule has 0 fully saturated rings. The maximum atomic E-state index is 6.16. The standard InChI is InChI=1S/C22H22N4O/c1-26-15-22(25-21(26)23,18-8-4-3-5-9-18)19-10-6-7-16(13-19)17-11-12-20(27-2)24-14-17/h3-14H,15H2,1-2H3,(H2,23,25). The predicted octanol–water partition coefficient (Wildman–Crippen LogP) is 3.26. The van der Waals surface area contributed by atoms with Crippen LogP contribution in [0, 0.1) is 0 Å². The van der Waals surface area contributed by atoms with E-state index in [0.717, 1.165) is 22.3 Å². The molecule has 2 aromatic carbocycles. The minimum Gasteiger partial charge on any atom is -0.481 e. The van der Waals surface area contributed by atoms with Crippen LogP contribution in [-0.4, -0.2) is 36.5 Å². The maximum absolute atomic E-state index is 6.16. The normalized spacial score (nSPS) is 19.0. The molecule has 0 bridgehead atoms. The summed E-state index contributed by atoms with van der Waals surface area (Å²) in [6, 6.07) is 22.6. The van der Waals surface area contributed by atoms with Crippen molar-refractivity contribution in [3.63, 3.8) is 0 Å². The van der Waals surface area contributed by atoms with E-state index in [0.29, 0.717) is 18.4 Å². The van der Waals surface area contributed by atoms with Crippen molar-refractivity contribution in [3.05, 3.63) is 84.1 Å². The molecule has 1 aliphatic rings. The molecule has 5 nitrogen and oxygen atoms in total. The Kier molecular flexibility index (Phi) is 4.28. The van der Waals surface area contributed by atoms with Crippen LogP contribution in [0.4, 0.5) is 0 Å². The molecule has 5 heteroatoms. The average Bonchev–Trinajstić information content (AvgIpc) is 3.04. The second-order valence-electron chi connectivity index (χ2n) is 6.72. The molecule has 0 radical (unpaired) electrons. The first-order chi connectivity index (χ1) is 13.1. The van der Waals surface area contributed by atoms with Gasteiger partial charge in [-0.2, -0.15) is 0 Å². The van der Waals surface area contributed by atoms with Gasteiger partial charge < -0.3 is 15.4 Å². The summed E-state index contributed by atoms with van der Waals surface area (Å²) in [7, 11) is 3.59. The monoisotopic (exact) mass is 358 g/mol. The number of rotatable bonds is 4. The van der Waals surface area contributed by atoms with Gasteiger partial charge in [0, 0.05) is 24.9 Å². The van der Waals surface area contributed by atoms with Gasteiger partial charge in [-0.05, 0) is 28.8 Å². The fourth-order valence-corrected chi connectivity index (χ4v) is 3.56. The largest absolute Gasteiger partial charge is 0.481 e. The number of ether oxygens (including phenoxy) is 1. The zero-order chi connectivity index (χ0) is 18.9. The molecule has 4 rings (SSSR count). The van der Waals surface area contributed by atoms with E-state index in [1.807, 2.05) is 48.5 Å². The van der Waals surface area contributed by atoms with E-state index < -0.39 is 5.54 Å². The minimum absolute atomic E-state index is 0.518. The van der Waals surface area contributed by atoms with E-state index in [9.17, 15) is 0 Å². The van der Waals surface area contributed by atoms with Crippen LogP contribution >= 0.6 is 0 Å². The molecule has 0 saturated heterocycles. The first kappa shape index (κ1) is 17.1. The van der Waals surface area contributed by atoms with Crippen LogP contribution in [0.1, 0.15) is 11.1 Å². The molecule has 3 aromatic rings. The smallest absolute Gasteiger partial charge is 0.212 e. The fourth-order valence-electron chi connectivity index (χ4n) is 3.56. The number of methoxy groups -OCH3 is 1. The molecular formula is C22H22N4O. The Morgan fingerprint density at radius 3 is 2.37 bits per heavy atom. The summed E-state index contributed by atoms with van der Waals surface area (Å²) in [5, 5.41) is 0. The van der Waals surface area contributed by atoms with E-state index in [4.69, 9.17) is 15.5 Å². The second kappa shape index (κ2) is 6.76. The predicted molar refractivity (Wildman–Crippen MR) is 108 cm³/mol. The van der Waals surface area contributed by atoms with Crippen molar-refractivity contribution >= 4 is 5.96 Å². The molecule has 0 spiro atoms. The molecule has 27 heavy (non-hydrogen) atoms. The van der Waals surface area contributed by atoms with Gasteiger partial charge in [0.1, 0.15) is 5.54 Å². The van der Waals surface area contributed by atoms with Gasteiger partial charge >= 0.3 is 0 Å². The summed E-state index contributed by atoms with van der Waals surface area (Å²) in [6.45, 7) is 0.702. The van der Waals surface area contributed by atoms with Crippen LogP contribution in [0.25, 0.3) is 11.1 Å². The molecule has 1 aliphatic heterocycles. The molecular weight excluding hydrogens is 336 g/mol. The Bertz CT molecular complexity index is 969. The lowest BCUT2D eigenvalue weighted by Crippen LogP contribution is -2.34. The van der Waals surface area contributed by atoms with Crippen molar-refractivity contribution in [2.75, 3.05) is 20.7 Å². The third-order valence-electron chi connectivity index (χ3n) is 5.03. The first-order valence-corrected chi connectivity index (χ1v) is 8.85. The van der Waals surface area contributed by atoms with E-state index >= 15 is 0 Å². The van der Waals surface area contributed by atoms with Crippen LogP contribution < -0.4 is 10.5 Å². The van der Waals surface area contributed by atoms with Gasteiger partial charge in [-0.1, -0.05) is 48.5 Å². The van der Waals surface area contributed by atoms with Crippen LogP contribution in [0.3, 0.4) is 0 Å². The zero-order valence-electron chi connectivity index (χ0n) is 15.5. The van der Waals surface area contributed by atoms with Gasteiger partial charge in [0.05, 0.1) is 13.7 Å². The number of nitrogens with two attached hydrogens (primary N) is 1. The van der Waals surface area contributed by atoms with Gasteiger partial charge in [0.2, 0.25) is 5.88 Å². The molecule has 136 valence electrons. The number of guanidine groups is 1. The van der Waals surface area contributed by atoms with Crippen LogP contribution in [0.15, 0.2) is 77.9 Å². The highest BCUT2D eigenvalue weighted by Crippen LogP contribution is 2.39. The lowest BCUT2D eigenvalue weighted by Gasteiger charge is -2.28. The molecule has 2 N–H and O–H groups in total. The highest BCUT2D eigenvalue weighted by atomic mass is 16.5. The van der Waals surface area contributed by atoms with Crippen molar-refractivity contribution in [3.8, 4) is 17.0 Å². The van der Waals surface area contributed by atoms with Crippen molar-refractivity contribution in [2.45, 2.75) is 5.54 Å². The SMILES string of the molecule is COc1ccc(-c2cccc(C3(c4ccccc4)CN(C)C(N)=N3)c2)cn1. The Morgan fingerprint density at radius 2 is 1.74 bits per heavy atom. The van der Waals surface area contributed by atoms with Gasteiger partial charge in [-0.25, -0.2) is 9.98 Å². The van der Waals surface area contributed by atoms with Crippen LogP contribution in [0.2, 0.25) is 0 Å². The summed E-state index contributed by atoms with van der Waals surface area (Å²) in [4.78, 5) is 11.2. The molecule has 0 amide bonds. The van der Waals surface area contributed by atoms with Crippen molar-refractivity contribution < 1.29 is 4.74 Å². The summed E-state index contributed by atoms with van der Waals surface area (Å²) >= 11 is 0. The Balaban J connectivity index is 1.82. The fraction of sp³-hybridized carbons (Fsp3) is 0.182. The number of hydrogen-bond donors (Lipinski definition) is 1. The molecule has 0 aliphatic carbocycles. The third kappa shape index (κ3) is 3.01. The van der Waals surface area contributed by atoms with Crippen LogP contribution in [0.5, 0.6) is 5.88 Å². The number of pyridine rings is 1. The quantitative estimate of drug-likeness (QED) is 0.777. The summed E-state index contributed by atoms with van der Waals surface area (Å²) in [6.07, 6.45) is 1.82. The molecule has 1 atom stereocenters. The number of hydrogen-bond acceptors (Lipinski definition) is 5.